The lowest BCUT2D eigenvalue weighted by atomic mass is 10.2. The van der Waals surface area contributed by atoms with Gasteiger partial charge in [0.05, 0.1) is 6.54 Å². The first-order chi connectivity index (χ1) is 8.22. The number of halogens is 1. The second kappa shape index (κ2) is 5.47. The maximum Gasteiger partial charge on any atom is 0.137 e. The third-order valence-corrected chi connectivity index (χ3v) is 4.00. The van der Waals surface area contributed by atoms with Crippen LogP contribution in [0.5, 0.6) is 0 Å². The van der Waals surface area contributed by atoms with Gasteiger partial charge < -0.3 is 5.32 Å². The quantitative estimate of drug-likeness (QED) is 0.859. The van der Waals surface area contributed by atoms with E-state index in [2.05, 4.69) is 33.7 Å². The third-order valence-electron chi connectivity index (χ3n) is 2.66. The van der Waals surface area contributed by atoms with E-state index >= 15 is 0 Å². The van der Waals surface area contributed by atoms with Gasteiger partial charge in [-0.1, -0.05) is 18.5 Å². The van der Waals surface area contributed by atoms with Crippen molar-refractivity contribution in [2.45, 2.75) is 26.8 Å². The molecule has 5 heteroatoms. The Bertz CT molecular complexity index is 510. The first-order valence-corrected chi connectivity index (χ1v) is 6.74. The minimum atomic E-state index is 0.504. The molecule has 1 N–H and O–H groups in total. The van der Waals surface area contributed by atoms with E-state index in [1.165, 1.54) is 16.8 Å². The van der Waals surface area contributed by atoms with Crippen LogP contribution in [-0.4, -0.2) is 9.97 Å². The third kappa shape index (κ3) is 2.76. The van der Waals surface area contributed by atoms with E-state index in [-0.39, 0.29) is 0 Å². The van der Waals surface area contributed by atoms with Gasteiger partial charge in [0, 0.05) is 10.4 Å². The second-order valence-corrected chi connectivity index (χ2v) is 5.07. The number of hydrogen-bond acceptors (Lipinski definition) is 4. The van der Waals surface area contributed by atoms with Gasteiger partial charge in [-0.25, -0.2) is 9.97 Å². The molecule has 0 saturated carbocycles. The highest BCUT2D eigenvalue weighted by atomic mass is 35.5. The van der Waals surface area contributed by atoms with Gasteiger partial charge in [0.1, 0.15) is 17.3 Å². The first-order valence-electron chi connectivity index (χ1n) is 5.48. The Labute approximate surface area is 110 Å². The summed E-state index contributed by atoms with van der Waals surface area (Å²) in [5.41, 5.74) is 2.28. The predicted molar refractivity (Wildman–Crippen MR) is 72.8 cm³/mol. The number of thiophene rings is 1. The van der Waals surface area contributed by atoms with Crippen LogP contribution in [0.1, 0.15) is 22.9 Å². The van der Waals surface area contributed by atoms with Gasteiger partial charge in [-0.3, -0.25) is 0 Å². The molecule has 0 fully saturated rings. The lowest BCUT2D eigenvalue weighted by Gasteiger charge is -2.08. The lowest BCUT2D eigenvalue weighted by molar-refractivity contribution is 1.04. The standard InChI is InChI=1S/C12H14ClN3S/c1-3-9-4-5-17-10(9)6-14-12-8(2)11(13)15-7-16-12/h4-5,7H,3,6H2,1-2H3,(H,14,15,16). The van der Waals surface area contributed by atoms with Crippen LogP contribution in [-0.2, 0) is 13.0 Å². The zero-order chi connectivity index (χ0) is 12.3. The number of hydrogen-bond donors (Lipinski definition) is 1. The van der Waals surface area contributed by atoms with Gasteiger partial charge in [0.25, 0.3) is 0 Å². The van der Waals surface area contributed by atoms with Crippen LogP contribution in [0, 0.1) is 6.92 Å². The Hall–Kier alpha value is -1.13. The Morgan fingerprint density at radius 3 is 3.00 bits per heavy atom. The molecule has 2 aromatic heterocycles. The van der Waals surface area contributed by atoms with Crippen molar-refractivity contribution in [2.75, 3.05) is 5.32 Å². The van der Waals surface area contributed by atoms with Gasteiger partial charge in [-0.05, 0) is 30.4 Å². The number of nitrogens with zero attached hydrogens (tertiary/aromatic N) is 2. The summed E-state index contributed by atoms with van der Waals surface area (Å²) in [6.45, 7) is 4.87. The van der Waals surface area contributed by atoms with E-state index in [1.54, 1.807) is 11.3 Å². The molecule has 0 spiro atoms. The van der Waals surface area contributed by atoms with Crippen LogP contribution in [0.2, 0.25) is 5.15 Å². The minimum Gasteiger partial charge on any atom is -0.365 e. The molecule has 0 aliphatic rings. The molecule has 3 nitrogen and oxygen atoms in total. The molecule has 17 heavy (non-hydrogen) atoms. The van der Waals surface area contributed by atoms with Crippen LogP contribution in [0.4, 0.5) is 5.82 Å². The van der Waals surface area contributed by atoms with Crippen molar-refractivity contribution in [3.05, 3.63) is 38.9 Å². The number of aromatic nitrogens is 2. The second-order valence-electron chi connectivity index (χ2n) is 3.71. The Kier molecular flexibility index (Phi) is 3.97. The summed E-state index contributed by atoms with van der Waals surface area (Å²) in [6.07, 6.45) is 2.54. The molecule has 0 aromatic carbocycles. The molecule has 0 atom stereocenters. The Morgan fingerprint density at radius 1 is 1.41 bits per heavy atom. The number of rotatable bonds is 4. The normalized spacial score (nSPS) is 10.5. The zero-order valence-corrected chi connectivity index (χ0v) is 11.4. The van der Waals surface area contributed by atoms with Gasteiger partial charge >= 0.3 is 0 Å². The van der Waals surface area contributed by atoms with Gasteiger partial charge in [0.2, 0.25) is 0 Å². The first kappa shape index (κ1) is 12.3. The van der Waals surface area contributed by atoms with Gasteiger partial charge in [0.15, 0.2) is 0 Å². The van der Waals surface area contributed by atoms with Crippen molar-refractivity contribution >= 4 is 28.8 Å². The monoisotopic (exact) mass is 267 g/mol. The molecule has 0 amide bonds. The topological polar surface area (TPSA) is 37.8 Å². The molecule has 0 aliphatic carbocycles. The van der Waals surface area contributed by atoms with Crippen molar-refractivity contribution < 1.29 is 0 Å². The molecular formula is C12H14ClN3S. The fraction of sp³-hybridized carbons (Fsp3) is 0.333. The molecule has 2 rings (SSSR count). The highest BCUT2D eigenvalue weighted by Crippen LogP contribution is 2.21. The highest BCUT2D eigenvalue weighted by molar-refractivity contribution is 7.10. The maximum absolute atomic E-state index is 5.94. The van der Waals surface area contributed by atoms with E-state index in [0.29, 0.717) is 5.15 Å². The number of aryl methyl sites for hydroxylation is 1. The summed E-state index contributed by atoms with van der Waals surface area (Å²) in [6, 6.07) is 2.17. The van der Waals surface area contributed by atoms with Crippen LogP contribution in [0.3, 0.4) is 0 Å². The highest BCUT2D eigenvalue weighted by Gasteiger charge is 2.06. The van der Waals surface area contributed by atoms with E-state index in [1.807, 2.05) is 6.92 Å². The van der Waals surface area contributed by atoms with Crippen molar-refractivity contribution in [3.8, 4) is 0 Å². The van der Waals surface area contributed by atoms with Crippen LogP contribution < -0.4 is 5.32 Å². The van der Waals surface area contributed by atoms with E-state index in [4.69, 9.17) is 11.6 Å². The smallest absolute Gasteiger partial charge is 0.137 e. The molecular weight excluding hydrogens is 254 g/mol. The lowest BCUT2D eigenvalue weighted by Crippen LogP contribution is -2.04. The van der Waals surface area contributed by atoms with E-state index < -0.39 is 0 Å². The van der Waals surface area contributed by atoms with Crippen LogP contribution in [0.15, 0.2) is 17.8 Å². The minimum absolute atomic E-state index is 0.504. The summed E-state index contributed by atoms with van der Waals surface area (Å²) in [4.78, 5) is 9.48. The number of anilines is 1. The summed E-state index contributed by atoms with van der Waals surface area (Å²) in [5, 5.41) is 5.93. The van der Waals surface area contributed by atoms with E-state index in [9.17, 15) is 0 Å². The van der Waals surface area contributed by atoms with Crippen LogP contribution >= 0.6 is 22.9 Å². The molecule has 2 aromatic rings. The summed E-state index contributed by atoms with van der Waals surface area (Å²) < 4.78 is 0. The Morgan fingerprint density at radius 2 is 2.24 bits per heavy atom. The summed E-state index contributed by atoms with van der Waals surface area (Å²) in [5.74, 6) is 0.806. The summed E-state index contributed by atoms with van der Waals surface area (Å²) >= 11 is 7.71. The molecule has 2 heterocycles. The SMILES string of the molecule is CCc1ccsc1CNc1ncnc(Cl)c1C. The molecule has 0 saturated heterocycles. The van der Waals surface area contributed by atoms with Crippen LogP contribution in [0.25, 0.3) is 0 Å². The van der Waals surface area contributed by atoms with E-state index in [0.717, 1.165) is 24.3 Å². The van der Waals surface area contributed by atoms with Crippen molar-refractivity contribution in [1.29, 1.82) is 0 Å². The zero-order valence-electron chi connectivity index (χ0n) is 9.83. The predicted octanol–water partition coefficient (Wildman–Crippen LogP) is 3.67. The molecule has 0 radical (unpaired) electrons. The molecule has 0 bridgehead atoms. The maximum atomic E-state index is 5.94. The molecule has 90 valence electrons. The average Bonchev–Trinajstić information content (AvgIpc) is 2.78. The average molecular weight is 268 g/mol. The molecule has 0 aliphatic heterocycles. The number of nitrogens with one attached hydrogen (secondary N) is 1. The van der Waals surface area contributed by atoms with Gasteiger partial charge in [-0.2, -0.15) is 0 Å². The fourth-order valence-corrected chi connectivity index (χ4v) is 2.66. The summed E-state index contributed by atoms with van der Waals surface area (Å²) in [7, 11) is 0. The molecule has 0 unspecified atom stereocenters. The van der Waals surface area contributed by atoms with Gasteiger partial charge in [-0.15, -0.1) is 11.3 Å². The van der Waals surface area contributed by atoms with Crippen molar-refractivity contribution in [1.82, 2.24) is 9.97 Å². The van der Waals surface area contributed by atoms with Crippen molar-refractivity contribution in [2.24, 2.45) is 0 Å². The largest absolute Gasteiger partial charge is 0.365 e. The van der Waals surface area contributed by atoms with Crippen molar-refractivity contribution in [3.63, 3.8) is 0 Å². The Balaban J connectivity index is 2.10. The fourth-order valence-electron chi connectivity index (χ4n) is 1.61.